The van der Waals surface area contributed by atoms with E-state index in [1.807, 2.05) is 27.7 Å². The molecule has 0 aliphatic carbocycles. The second-order valence-electron chi connectivity index (χ2n) is 5.65. The SMILES string of the molecule is CC.CC.Cc1cccc(C)c1.Cc1ccccc1C.FC(F)(F)CC(F)(F)F. The number of hydrogen-bond donors (Lipinski definition) is 0. The second kappa shape index (κ2) is 16.9. The van der Waals surface area contributed by atoms with Gasteiger partial charge in [0.2, 0.25) is 0 Å². The molecule has 0 aromatic heterocycles. The molecular formula is C23H34F6. The molecule has 0 spiro atoms. The molecule has 29 heavy (non-hydrogen) atoms. The molecule has 2 aromatic rings. The molecule has 2 aromatic carbocycles. The van der Waals surface area contributed by atoms with Crippen LogP contribution in [0.3, 0.4) is 0 Å². The summed E-state index contributed by atoms with van der Waals surface area (Å²) in [4.78, 5) is 0. The van der Waals surface area contributed by atoms with Crippen molar-refractivity contribution in [3.63, 3.8) is 0 Å². The molecule has 0 bridgehead atoms. The molecule has 0 fully saturated rings. The number of benzene rings is 2. The van der Waals surface area contributed by atoms with Crippen LogP contribution in [0.5, 0.6) is 0 Å². The zero-order valence-corrected chi connectivity index (χ0v) is 18.6. The summed E-state index contributed by atoms with van der Waals surface area (Å²) in [7, 11) is 0. The van der Waals surface area contributed by atoms with Gasteiger partial charge in [-0.2, -0.15) is 26.3 Å². The topological polar surface area (TPSA) is 0 Å². The number of hydrogen-bond acceptors (Lipinski definition) is 0. The van der Waals surface area contributed by atoms with Crippen LogP contribution in [-0.4, -0.2) is 12.4 Å². The monoisotopic (exact) mass is 424 g/mol. The highest BCUT2D eigenvalue weighted by Gasteiger charge is 2.43. The lowest BCUT2D eigenvalue weighted by molar-refractivity contribution is -0.232. The summed E-state index contributed by atoms with van der Waals surface area (Å²) in [5, 5.41) is 0. The molecule has 0 amide bonds. The summed E-state index contributed by atoms with van der Waals surface area (Å²) >= 11 is 0. The van der Waals surface area contributed by atoms with Crippen LogP contribution >= 0.6 is 0 Å². The third-order valence-electron chi connectivity index (χ3n) is 3.00. The Morgan fingerprint density at radius 1 is 0.552 bits per heavy atom. The first-order valence-corrected chi connectivity index (χ1v) is 9.49. The Morgan fingerprint density at radius 3 is 1.00 bits per heavy atom. The minimum Gasteiger partial charge on any atom is -0.171 e. The largest absolute Gasteiger partial charge is 0.397 e. The first-order chi connectivity index (χ1) is 13.3. The lowest BCUT2D eigenvalue weighted by atomic mass is 10.1. The smallest absolute Gasteiger partial charge is 0.171 e. The first kappa shape index (κ1) is 31.7. The van der Waals surface area contributed by atoms with E-state index in [9.17, 15) is 26.3 Å². The zero-order chi connectivity index (χ0) is 23.7. The van der Waals surface area contributed by atoms with Crippen LogP contribution in [-0.2, 0) is 0 Å². The van der Waals surface area contributed by atoms with Gasteiger partial charge in [-0.3, -0.25) is 0 Å². The third-order valence-corrected chi connectivity index (χ3v) is 3.00. The predicted octanol–water partition coefficient (Wildman–Crippen LogP) is 9.16. The molecule has 0 saturated heterocycles. The molecule has 0 saturated carbocycles. The van der Waals surface area contributed by atoms with Crippen LogP contribution in [0.4, 0.5) is 26.3 Å². The highest BCUT2D eigenvalue weighted by Crippen LogP contribution is 2.31. The molecule has 0 unspecified atom stereocenters. The Kier molecular flexibility index (Phi) is 18.5. The highest BCUT2D eigenvalue weighted by atomic mass is 19.4. The summed E-state index contributed by atoms with van der Waals surface area (Å²) in [5.74, 6) is 0. The molecule has 0 atom stereocenters. The molecule has 0 aliphatic rings. The minimum atomic E-state index is -5.14. The maximum absolute atomic E-state index is 10.8. The summed E-state index contributed by atoms with van der Waals surface area (Å²) in [6.45, 7) is 16.4. The Labute approximate surface area is 172 Å². The van der Waals surface area contributed by atoms with Gasteiger partial charge in [-0.05, 0) is 38.8 Å². The molecule has 2 rings (SSSR count). The molecule has 0 heterocycles. The summed E-state index contributed by atoms with van der Waals surface area (Å²) < 4.78 is 65.0. The normalized spacial score (nSPS) is 9.86. The quantitative estimate of drug-likeness (QED) is 0.370. The zero-order valence-electron chi connectivity index (χ0n) is 18.6. The van der Waals surface area contributed by atoms with Crippen LogP contribution in [0.1, 0.15) is 56.4 Å². The fourth-order valence-corrected chi connectivity index (χ4v) is 1.70. The van der Waals surface area contributed by atoms with E-state index in [4.69, 9.17) is 0 Å². The molecule has 168 valence electrons. The van der Waals surface area contributed by atoms with E-state index in [2.05, 4.69) is 76.2 Å². The number of halogens is 6. The van der Waals surface area contributed by atoms with Crippen molar-refractivity contribution < 1.29 is 26.3 Å². The summed E-state index contributed by atoms with van der Waals surface area (Å²) in [5.41, 5.74) is 5.41. The molecule has 6 heteroatoms. The lowest BCUT2D eigenvalue weighted by Crippen LogP contribution is -2.20. The van der Waals surface area contributed by atoms with Crippen LogP contribution in [0.25, 0.3) is 0 Å². The van der Waals surface area contributed by atoms with Crippen molar-refractivity contribution in [2.24, 2.45) is 0 Å². The third kappa shape index (κ3) is 24.0. The van der Waals surface area contributed by atoms with Gasteiger partial charge in [0.05, 0.1) is 0 Å². The predicted molar refractivity (Wildman–Crippen MR) is 111 cm³/mol. The second-order valence-corrected chi connectivity index (χ2v) is 5.65. The van der Waals surface area contributed by atoms with Gasteiger partial charge in [-0.15, -0.1) is 0 Å². The first-order valence-electron chi connectivity index (χ1n) is 9.49. The molecule has 0 nitrogen and oxygen atoms in total. The average molecular weight is 425 g/mol. The van der Waals surface area contributed by atoms with Crippen molar-refractivity contribution in [3.8, 4) is 0 Å². The van der Waals surface area contributed by atoms with Gasteiger partial charge in [0.15, 0.2) is 0 Å². The van der Waals surface area contributed by atoms with Crippen molar-refractivity contribution in [3.05, 3.63) is 70.8 Å². The van der Waals surface area contributed by atoms with Crippen molar-refractivity contribution in [1.29, 1.82) is 0 Å². The standard InChI is InChI=1S/2C8H10.C3H2F6.2C2H6/c1-7-4-3-5-8(2)6-7;1-7-5-3-4-6-8(7)2;4-2(5,6)1-3(7,8)9;2*1-2/h2*3-6H,1-2H3;1H2;2*1-2H3. The van der Waals surface area contributed by atoms with Gasteiger partial charge in [0.1, 0.15) is 6.42 Å². The van der Waals surface area contributed by atoms with E-state index in [1.165, 1.54) is 22.3 Å². The van der Waals surface area contributed by atoms with Crippen molar-refractivity contribution in [2.45, 2.75) is 74.2 Å². The highest BCUT2D eigenvalue weighted by molar-refractivity contribution is 5.23. The van der Waals surface area contributed by atoms with E-state index in [1.54, 1.807) is 0 Å². The Balaban J connectivity index is -0.000000321. The maximum atomic E-state index is 10.8. The van der Waals surface area contributed by atoms with Gasteiger partial charge in [0, 0.05) is 0 Å². The maximum Gasteiger partial charge on any atom is 0.397 e. The van der Waals surface area contributed by atoms with E-state index < -0.39 is 18.8 Å². The van der Waals surface area contributed by atoms with Gasteiger partial charge in [-0.1, -0.05) is 87.4 Å². The van der Waals surface area contributed by atoms with E-state index in [0.717, 1.165) is 0 Å². The van der Waals surface area contributed by atoms with E-state index >= 15 is 0 Å². The summed E-state index contributed by atoms with van der Waals surface area (Å²) in [6.07, 6.45) is -13.0. The molecule has 0 radical (unpaired) electrons. The van der Waals surface area contributed by atoms with Crippen LogP contribution in [0.15, 0.2) is 48.5 Å². The van der Waals surface area contributed by atoms with E-state index in [0.29, 0.717) is 0 Å². The Bertz CT molecular complexity index is 578. The van der Waals surface area contributed by atoms with Crippen molar-refractivity contribution >= 4 is 0 Å². The molecular weight excluding hydrogens is 390 g/mol. The Morgan fingerprint density at radius 2 is 0.862 bits per heavy atom. The Hall–Kier alpha value is -1.98. The van der Waals surface area contributed by atoms with Gasteiger partial charge >= 0.3 is 12.4 Å². The minimum absolute atomic E-state index is 1.34. The van der Waals surface area contributed by atoms with Crippen LogP contribution < -0.4 is 0 Å². The van der Waals surface area contributed by atoms with Gasteiger partial charge < -0.3 is 0 Å². The number of aryl methyl sites for hydroxylation is 4. The fraction of sp³-hybridized carbons (Fsp3) is 0.478. The summed E-state index contributed by atoms with van der Waals surface area (Å²) in [6, 6.07) is 16.8. The number of rotatable bonds is 0. The van der Waals surface area contributed by atoms with Crippen LogP contribution in [0.2, 0.25) is 0 Å². The fourth-order valence-electron chi connectivity index (χ4n) is 1.70. The molecule has 0 N–H and O–H groups in total. The van der Waals surface area contributed by atoms with E-state index in [-0.39, 0.29) is 0 Å². The van der Waals surface area contributed by atoms with Crippen LogP contribution in [0, 0.1) is 27.7 Å². The lowest BCUT2D eigenvalue weighted by Gasteiger charge is -2.08. The average Bonchev–Trinajstić information content (AvgIpc) is 2.59. The molecule has 0 aliphatic heterocycles. The van der Waals surface area contributed by atoms with Crippen molar-refractivity contribution in [2.75, 3.05) is 0 Å². The van der Waals surface area contributed by atoms with Crippen molar-refractivity contribution in [1.82, 2.24) is 0 Å². The number of alkyl halides is 6. The van der Waals surface area contributed by atoms with Gasteiger partial charge in [0.25, 0.3) is 0 Å². The van der Waals surface area contributed by atoms with Gasteiger partial charge in [-0.25, -0.2) is 0 Å².